The molecule has 1 heterocycles. The summed E-state index contributed by atoms with van der Waals surface area (Å²) in [6.45, 7) is 0.290. The predicted molar refractivity (Wildman–Crippen MR) is 62.8 cm³/mol. The molecule has 0 radical (unpaired) electrons. The van der Waals surface area contributed by atoms with E-state index in [4.69, 9.17) is 5.11 Å². The molecule has 6 nitrogen and oxygen atoms in total. The van der Waals surface area contributed by atoms with Crippen LogP contribution in [0.25, 0.3) is 0 Å². The Kier molecular flexibility index (Phi) is 3.47. The minimum Gasteiger partial charge on any atom is -0.508 e. The van der Waals surface area contributed by atoms with Crippen LogP contribution in [0.4, 0.5) is 0 Å². The van der Waals surface area contributed by atoms with E-state index < -0.39 is 6.04 Å². The van der Waals surface area contributed by atoms with Gasteiger partial charge in [-0.25, -0.2) is 0 Å². The fraction of sp³-hybridized carbons (Fsp3) is 0.333. The number of amides is 2. The maximum atomic E-state index is 11.5. The molecule has 1 fully saturated rings. The molecule has 96 valence electrons. The van der Waals surface area contributed by atoms with Crippen molar-refractivity contribution in [3.05, 3.63) is 23.8 Å². The number of carbonyl (C=O) groups excluding carboxylic acids is 2. The predicted octanol–water partition coefficient (Wildman–Crippen LogP) is -0.00740. The molecule has 1 atom stereocenters. The number of imide groups is 1. The third kappa shape index (κ3) is 2.78. The summed E-state index contributed by atoms with van der Waals surface area (Å²) in [6.07, 6.45) is 0.758. The summed E-state index contributed by atoms with van der Waals surface area (Å²) in [4.78, 5) is 22.4. The Hall–Kier alpha value is -2.08. The lowest BCUT2D eigenvalue weighted by molar-refractivity contribution is -0.134. The van der Waals surface area contributed by atoms with Crippen molar-refractivity contribution in [2.24, 2.45) is 0 Å². The fourth-order valence-electron chi connectivity index (χ4n) is 1.82. The van der Waals surface area contributed by atoms with Crippen molar-refractivity contribution in [3.8, 4) is 11.5 Å². The number of aromatic hydroxyl groups is 2. The van der Waals surface area contributed by atoms with E-state index in [1.165, 1.54) is 12.1 Å². The highest BCUT2D eigenvalue weighted by molar-refractivity contribution is 6.00. The van der Waals surface area contributed by atoms with Crippen molar-refractivity contribution < 1.29 is 19.8 Å². The molecule has 6 heteroatoms. The standard InChI is InChI=1S/C12H14N2O4/c15-8-2-1-7(10(16)5-8)6-13-9-3-4-11(17)14-12(9)18/h1-2,5,9,13,15-16H,3-4,6H2,(H,14,17,18). The summed E-state index contributed by atoms with van der Waals surface area (Å²) in [7, 11) is 0. The molecule has 18 heavy (non-hydrogen) atoms. The van der Waals surface area contributed by atoms with Gasteiger partial charge in [0.25, 0.3) is 0 Å². The quantitative estimate of drug-likeness (QED) is 0.566. The average Bonchev–Trinajstić information content (AvgIpc) is 2.30. The number of hydrogen-bond acceptors (Lipinski definition) is 5. The smallest absolute Gasteiger partial charge is 0.243 e. The molecular formula is C12H14N2O4. The van der Waals surface area contributed by atoms with Crippen LogP contribution in [0.3, 0.4) is 0 Å². The first kappa shape index (κ1) is 12.4. The lowest BCUT2D eigenvalue weighted by Gasteiger charge is -2.22. The molecule has 2 amide bonds. The molecule has 0 spiro atoms. The summed E-state index contributed by atoms with van der Waals surface area (Å²) in [5.41, 5.74) is 0.581. The first-order chi connectivity index (χ1) is 8.56. The van der Waals surface area contributed by atoms with Gasteiger partial charge in [-0.15, -0.1) is 0 Å². The molecule has 1 aromatic carbocycles. The summed E-state index contributed by atoms with van der Waals surface area (Å²) in [5.74, 6) is -0.651. The van der Waals surface area contributed by atoms with Crippen LogP contribution in [-0.2, 0) is 16.1 Å². The topological polar surface area (TPSA) is 98.7 Å². The zero-order valence-electron chi connectivity index (χ0n) is 9.64. The highest BCUT2D eigenvalue weighted by Gasteiger charge is 2.25. The van der Waals surface area contributed by atoms with E-state index in [2.05, 4.69) is 10.6 Å². The monoisotopic (exact) mass is 250 g/mol. The van der Waals surface area contributed by atoms with Crippen molar-refractivity contribution in [1.82, 2.24) is 10.6 Å². The molecule has 0 aliphatic carbocycles. The van der Waals surface area contributed by atoms with Crippen LogP contribution in [-0.4, -0.2) is 28.1 Å². The molecule has 4 N–H and O–H groups in total. The second-order valence-corrected chi connectivity index (χ2v) is 4.20. The Morgan fingerprint density at radius 2 is 2.11 bits per heavy atom. The number of phenolic OH excluding ortho intramolecular Hbond substituents is 2. The van der Waals surface area contributed by atoms with Crippen molar-refractivity contribution >= 4 is 11.8 Å². The molecule has 0 aromatic heterocycles. The Bertz CT molecular complexity index is 487. The summed E-state index contributed by atoms with van der Waals surface area (Å²) >= 11 is 0. The maximum Gasteiger partial charge on any atom is 0.243 e. The summed E-state index contributed by atoms with van der Waals surface area (Å²) in [5, 5.41) is 23.9. The van der Waals surface area contributed by atoms with E-state index in [0.717, 1.165) is 0 Å². The molecule has 1 aliphatic rings. The van der Waals surface area contributed by atoms with E-state index in [0.29, 0.717) is 24.9 Å². The number of phenols is 2. The molecule has 1 saturated heterocycles. The van der Waals surface area contributed by atoms with Gasteiger partial charge in [0.05, 0.1) is 6.04 Å². The van der Waals surface area contributed by atoms with Crippen molar-refractivity contribution in [2.45, 2.75) is 25.4 Å². The second kappa shape index (κ2) is 5.05. The number of hydrogen-bond donors (Lipinski definition) is 4. The largest absolute Gasteiger partial charge is 0.508 e. The lowest BCUT2D eigenvalue weighted by atomic mass is 10.1. The van der Waals surface area contributed by atoms with Gasteiger partial charge in [-0.3, -0.25) is 14.9 Å². The fourth-order valence-corrected chi connectivity index (χ4v) is 1.82. The van der Waals surface area contributed by atoms with E-state index in [1.54, 1.807) is 6.07 Å². The first-order valence-electron chi connectivity index (χ1n) is 5.64. The van der Waals surface area contributed by atoms with Crippen LogP contribution >= 0.6 is 0 Å². The van der Waals surface area contributed by atoms with Gasteiger partial charge in [0.1, 0.15) is 11.5 Å². The molecule has 1 unspecified atom stereocenters. The van der Waals surface area contributed by atoms with E-state index in [1.807, 2.05) is 0 Å². The van der Waals surface area contributed by atoms with Crippen molar-refractivity contribution in [1.29, 1.82) is 0 Å². The molecule has 2 rings (SSSR count). The minimum absolute atomic E-state index is 0.0164. The number of piperidine rings is 1. The molecule has 0 bridgehead atoms. The van der Waals surface area contributed by atoms with Crippen LogP contribution < -0.4 is 10.6 Å². The first-order valence-corrected chi connectivity index (χ1v) is 5.64. The van der Waals surface area contributed by atoms with E-state index in [-0.39, 0.29) is 23.3 Å². The van der Waals surface area contributed by atoms with Crippen molar-refractivity contribution in [2.75, 3.05) is 0 Å². The van der Waals surface area contributed by atoms with Gasteiger partial charge in [-0.05, 0) is 12.5 Å². The lowest BCUT2D eigenvalue weighted by Crippen LogP contribution is -2.50. The highest BCUT2D eigenvalue weighted by atomic mass is 16.3. The molecule has 1 aliphatic heterocycles. The van der Waals surface area contributed by atoms with Crippen LogP contribution in [0.5, 0.6) is 11.5 Å². The van der Waals surface area contributed by atoms with Gasteiger partial charge < -0.3 is 15.5 Å². The molecular weight excluding hydrogens is 236 g/mol. The number of nitrogens with one attached hydrogen (secondary N) is 2. The Morgan fingerprint density at radius 3 is 2.78 bits per heavy atom. The Labute approximate surface area is 104 Å². The third-order valence-electron chi connectivity index (χ3n) is 2.85. The maximum absolute atomic E-state index is 11.5. The third-order valence-corrected chi connectivity index (χ3v) is 2.85. The summed E-state index contributed by atoms with van der Waals surface area (Å²) in [6, 6.07) is 3.84. The van der Waals surface area contributed by atoms with Crippen molar-refractivity contribution in [3.63, 3.8) is 0 Å². The zero-order valence-corrected chi connectivity index (χ0v) is 9.64. The van der Waals surface area contributed by atoms with E-state index >= 15 is 0 Å². The minimum atomic E-state index is -0.434. The normalized spacial score (nSPS) is 19.7. The van der Waals surface area contributed by atoms with E-state index in [9.17, 15) is 14.7 Å². The average molecular weight is 250 g/mol. The van der Waals surface area contributed by atoms with Gasteiger partial charge >= 0.3 is 0 Å². The van der Waals surface area contributed by atoms with Crippen LogP contribution in [0.1, 0.15) is 18.4 Å². The van der Waals surface area contributed by atoms with Crippen LogP contribution in [0, 0.1) is 0 Å². The van der Waals surface area contributed by atoms with Gasteiger partial charge in [-0.2, -0.15) is 0 Å². The van der Waals surface area contributed by atoms with Gasteiger partial charge in [0, 0.05) is 24.6 Å². The summed E-state index contributed by atoms with van der Waals surface area (Å²) < 4.78 is 0. The zero-order chi connectivity index (χ0) is 13.1. The van der Waals surface area contributed by atoms with Crippen LogP contribution in [0.2, 0.25) is 0 Å². The number of benzene rings is 1. The second-order valence-electron chi connectivity index (χ2n) is 4.20. The molecule has 1 aromatic rings. The SMILES string of the molecule is O=C1CCC(NCc2ccc(O)cc2O)C(=O)N1. The number of carbonyl (C=O) groups is 2. The van der Waals surface area contributed by atoms with Crippen LogP contribution in [0.15, 0.2) is 18.2 Å². The van der Waals surface area contributed by atoms with Gasteiger partial charge in [0.2, 0.25) is 11.8 Å². The van der Waals surface area contributed by atoms with Gasteiger partial charge in [-0.1, -0.05) is 6.07 Å². The number of rotatable bonds is 3. The Balaban J connectivity index is 1.95. The molecule has 0 saturated carbocycles. The highest BCUT2D eigenvalue weighted by Crippen LogP contribution is 2.22. The van der Waals surface area contributed by atoms with Gasteiger partial charge in [0.15, 0.2) is 0 Å². The Morgan fingerprint density at radius 1 is 1.33 bits per heavy atom.